The van der Waals surface area contributed by atoms with Gasteiger partial charge < -0.3 is 16.2 Å². The number of carbonyl (C=O) groups is 1. The van der Waals surface area contributed by atoms with Crippen molar-refractivity contribution in [2.75, 3.05) is 6.54 Å². The Morgan fingerprint density at radius 3 is 2.83 bits per heavy atom. The van der Waals surface area contributed by atoms with Crippen LogP contribution in [0.25, 0.3) is 10.8 Å². The Labute approximate surface area is 145 Å². The van der Waals surface area contributed by atoms with Gasteiger partial charge in [0.2, 0.25) is 5.91 Å². The first-order valence-corrected chi connectivity index (χ1v) is 7.72. The van der Waals surface area contributed by atoms with Crippen molar-refractivity contribution in [1.29, 1.82) is 0 Å². The maximum atomic E-state index is 12.3. The van der Waals surface area contributed by atoms with Gasteiger partial charge in [-0.1, -0.05) is 18.2 Å². The fraction of sp³-hybridized carbons (Fsp3) is 0.438. The van der Waals surface area contributed by atoms with E-state index in [4.69, 9.17) is 5.73 Å². The minimum atomic E-state index is -0.615. The Hall–Kier alpha value is -1.96. The van der Waals surface area contributed by atoms with Gasteiger partial charge in [0.05, 0.1) is 24.2 Å². The highest BCUT2D eigenvalue weighted by atomic mass is 35.5. The molecule has 0 bridgehead atoms. The Balaban J connectivity index is 0.00000208. The average molecular weight is 353 g/mol. The van der Waals surface area contributed by atoms with E-state index in [9.17, 15) is 14.7 Å². The van der Waals surface area contributed by atoms with E-state index in [1.807, 2.05) is 18.2 Å². The van der Waals surface area contributed by atoms with Crippen molar-refractivity contribution >= 4 is 29.1 Å². The van der Waals surface area contributed by atoms with Crippen LogP contribution in [0.3, 0.4) is 0 Å². The molecule has 1 saturated carbocycles. The molecule has 1 aliphatic carbocycles. The third-order valence-corrected chi connectivity index (χ3v) is 4.33. The summed E-state index contributed by atoms with van der Waals surface area (Å²) in [4.78, 5) is 24.3. The molecule has 1 fully saturated rings. The van der Waals surface area contributed by atoms with Gasteiger partial charge in [0, 0.05) is 23.9 Å². The molecule has 8 heteroatoms. The lowest BCUT2D eigenvalue weighted by molar-refractivity contribution is -0.125. The summed E-state index contributed by atoms with van der Waals surface area (Å²) in [5, 5.41) is 17.9. The lowest BCUT2D eigenvalue weighted by Gasteiger charge is -2.11. The van der Waals surface area contributed by atoms with Crippen molar-refractivity contribution in [2.45, 2.75) is 31.5 Å². The lowest BCUT2D eigenvalue weighted by atomic mass is 10.1. The highest BCUT2D eigenvalue weighted by Crippen LogP contribution is 2.24. The van der Waals surface area contributed by atoms with E-state index in [0.717, 1.165) is 5.39 Å². The topological polar surface area (TPSA) is 110 Å². The van der Waals surface area contributed by atoms with E-state index in [-0.39, 0.29) is 35.8 Å². The second kappa shape index (κ2) is 7.74. The second-order valence-electron chi connectivity index (χ2n) is 5.95. The van der Waals surface area contributed by atoms with Crippen LogP contribution in [0, 0.1) is 5.92 Å². The quantitative estimate of drug-likeness (QED) is 0.719. The van der Waals surface area contributed by atoms with Crippen LogP contribution >= 0.6 is 12.4 Å². The number of benzene rings is 1. The molecule has 0 spiro atoms. The van der Waals surface area contributed by atoms with Gasteiger partial charge >= 0.3 is 0 Å². The molecule has 1 amide bonds. The average Bonchev–Trinajstić information content (AvgIpc) is 2.89. The van der Waals surface area contributed by atoms with Crippen molar-refractivity contribution in [3.63, 3.8) is 0 Å². The number of nitrogens with zero attached hydrogens (tertiary/aromatic N) is 2. The number of rotatable bonds is 4. The maximum absolute atomic E-state index is 12.3. The summed E-state index contributed by atoms with van der Waals surface area (Å²) in [6.07, 6.45) is 1.91. The molecule has 1 heterocycles. The number of halogens is 1. The molecular weight excluding hydrogens is 332 g/mol. The predicted octanol–water partition coefficient (Wildman–Crippen LogP) is 0.0327. The first-order valence-electron chi connectivity index (χ1n) is 7.72. The Morgan fingerprint density at radius 2 is 2.12 bits per heavy atom. The number of amides is 1. The summed E-state index contributed by atoms with van der Waals surface area (Å²) < 4.78 is 1.35. The van der Waals surface area contributed by atoms with Crippen LogP contribution in [0.5, 0.6) is 0 Å². The highest BCUT2D eigenvalue weighted by Gasteiger charge is 2.34. The molecule has 0 radical (unpaired) electrons. The molecular formula is C16H21ClN4O3. The minimum Gasteiger partial charge on any atom is -0.391 e. The van der Waals surface area contributed by atoms with Gasteiger partial charge in [0.25, 0.3) is 5.56 Å². The fourth-order valence-electron chi connectivity index (χ4n) is 2.98. The first-order chi connectivity index (χ1) is 11.1. The molecule has 0 saturated heterocycles. The van der Waals surface area contributed by atoms with E-state index in [1.165, 1.54) is 4.68 Å². The standard InChI is InChI=1S/C16H20N4O3.ClH/c17-13-7-11(8-14(13)21)15(22)18-5-6-20-16(23)12-4-2-1-3-10(12)9-19-20;/h1-4,9,11,13-14,21H,5-8,17H2,(H,18,22);1H/t11-,13+,14+;/m0./s1. The first kappa shape index (κ1) is 18.4. The van der Waals surface area contributed by atoms with Crippen LogP contribution in [-0.4, -0.2) is 39.5 Å². The number of aromatic nitrogens is 2. The monoisotopic (exact) mass is 352 g/mol. The molecule has 1 aliphatic rings. The largest absolute Gasteiger partial charge is 0.391 e. The van der Waals surface area contributed by atoms with E-state index >= 15 is 0 Å². The summed E-state index contributed by atoms with van der Waals surface area (Å²) >= 11 is 0. The normalized spacial score (nSPS) is 23.0. The van der Waals surface area contributed by atoms with Crippen molar-refractivity contribution in [2.24, 2.45) is 11.7 Å². The van der Waals surface area contributed by atoms with Crippen LogP contribution in [0.2, 0.25) is 0 Å². The number of nitrogens with one attached hydrogen (secondary N) is 1. The van der Waals surface area contributed by atoms with Crippen molar-refractivity contribution in [1.82, 2.24) is 15.1 Å². The molecule has 0 aliphatic heterocycles. The van der Waals surface area contributed by atoms with Crippen LogP contribution in [0.4, 0.5) is 0 Å². The summed E-state index contributed by atoms with van der Waals surface area (Å²) in [5.41, 5.74) is 5.54. The van der Waals surface area contributed by atoms with E-state index in [1.54, 1.807) is 12.3 Å². The zero-order valence-electron chi connectivity index (χ0n) is 13.1. The van der Waals surface area contributed by atoms with Crippen molar-refractivity contribution in [3.05, 3.63) is 40.8 Å². The SMILES string of the molecule is Cl.N[C@@H]1C[C@H](C(=O)NCCn2ncc3ccccc3c2=O)C[C@H]1O. The Bertz CT molecular complexity index is 769. The zero-order valence-corrected chi connectivity index (χ0v) is 13.9. The van der Waals surface area contributed by atoms with Crippen molar-refractivity contribution < 1.29 is 9.90 Å². The number of fused-ring (bicyclic) bond motifs is 1. The number of hydrogen-bond donors (Lipinski definition) is 3. The fourth-order valence-corrected chi connectivity index (χ4v) is 2.98. The van der Waals surface area contributed by atoms with Crippen molar-refractivity contribution in [3.8, 4) is 0 Å². The minimum absolute atomic E-state index is 0. The Kier molecular flexibility index (Phi) is 5.93. The van der Waals surface area contributed by atoms with Gasteiger partial charge in [-0.05, 0) is 18.9 Å². The van der Waals surface area contributed by atoms with E-state index < -0.39 is 6.10 Å². The maximum Gasteiger partial charge on any atom is 0.274 e. The van der Waals surface area contributed by atoms with Gasteiger partial charge in [-0.3, -0.25) is 9.59 Å². The molecule has 3 rings (SSSR count). The second-order valence-corrected chi connectivity index (χ2v) is 5.95. The van der Waals surface area contributed by atoms with E-state index in [0.29, 0.717) is 31.3 Å². The molecule has 3 atom stereocenters. The number of nitrogens with two attached hydrogens (primary N) is 1. The molecule has 130 valence electrons. The smallest absolute Gasteiger partial charge is 0.274 e. The highest BCUT2D eigenvalue weighted by molar-refractivity contribution is 5.85. The zero-order chi connectivity index (χ0) is 16.4. The molecule has 4 N–H and O–H groups in total. The molecule has 1 aromatic heterocycles. The molecule has 1 aromatic carbocycles. The van der Waals surface area contributed by atoms with Gasteiger partial charge in [-0.25, -0.2) is 4.68 Å². The summed E-state index contributed by atoms with van der Waals surface area (Å²) in [7, 11) is 0. The van der Waals surface area contributed by atoms with Crippen LogP contribution in [0.1, 0.15) is 12.8 Å². The third kappa shape index (κ3) is 3.75. The molecule has 0 unspecified atom stereocenters. The summed E-state index contributed by atoms with van der Waals surface area (Å²) in [6, 6.07) is 6.93. The third-order valence-electron chi connectivity index (χ3n) is 4.33. The number of carbonyl (C=O) groups excluding carboxylic acids is 1. The number of hydrogen-bond acceptors (Lipinski definition) is 5. The van der Waals surface area contributed by atoms with Crippen LogP contribution in [-0.2, 0) is 11.3 Å². The number of aliphatic hydroxyl groups is 1. The summed E-state index contributed by atoms with van der Waals surface area (Å²) in [6.45, 7) is 0.614. The number of aliphatic hydroxyl groups excluding tert-OH is 1. The molecule has 7 nitrogen and oxygen atoms in total. The van der Waals surface area contributed by atoms with E-state index in [2.05, 4.69) is 10.4 Å². The predicted molar refractivity (Wildman–Crippen MR) is 93.0 cm³/mol. The van der Waals surface area contributed by atoms with Gasteiger partial charge in [-0.2, -0.15) is 5.10 Å². The van der Waals surface area contributed by atoms with Gasteiger partial charge in [0.15, 0.2) is 0 Å². The van der Waals surface area contributed by atoms with Gasteiger partial charge in [-0.15, -0.1) is 12.4 Å². The lowest BCUT2D eigenvalue weighted by Crippen LogP contribution is -2.35. The van der Waals surface area contributed by atoms with Crippen LogP contribution in [0.15, 0.2) is 35.3 Å². The summed E-state index contributed by atoms with van der Waals surface area (Å²) in [5.74, 6) is -0.396. The van der Waals surface area contributed by atoms with Gasteiger partial charge in [0.1, 0.15) is 0 Å². The van der Waals surface area contributed by atoms with Crippen LogP contribution < -0.4 is 16.6 Å². The Morgan fingerprint density at radius 1 is 1.38 bits per heavy atom. The molecule has 24 heavy (non-hydrogen) atoms. The molecule has 2 aromatic rings.